The number of amides is 1. The van der Waals surface area contributed by atoms with Crippen molar-refractivity contribution in [2.45, 2.75) is 32.7 Å². The molecule has 0 saturated heterocycles. The molecule has 1 aromatic rings. The van der Waals surface area contributed by atoms with E-state index in [1.54, 1.807) is 25.2 Å². The van der Waals surface area contributed by atoms with Crippen LogP contribution in [0, 0.1) is 0 Å². The SMILES string of the molecule is COc1ccc(CC(=O)N(CCCO)C(C)C)cc1OC. The molecule has 118 valence electrons. The molecule has 0 bridgehead atoms. The van der Waals surface area contributed by atoms with E-state index in [1.807, 2.05) is 26.0 Å². The van der Waals surface area contributed by atoms with Crippen molar-refractivity contribution in [2.75, 3.05) is 27.4 Å². The highest BCUT2D eigenvalue weighted by atomic mass is 16.5. The minimum Gasteiger partial charge on any atom is -0.493 e. The first-order valence-corrected chi connectivity index (χ1v) is 7.14. The van der Waals surface area contributed by atoms with Crippen LogP contribution < -0.4 is 9.47 Å². The van der Waals surface area contributed by atoms with Crippen molar-refractivity contribution in [3.05, 3.63) is 23.8 Å². The first-order chi connectivity index (χ1) is 10.0. The van der Waals surface area contributed by atoms with Gasteiger partial charge in [-0.15, -0.1) is 0 Å². The molecular weight excluding hydrogens is 270 g/mol. The fraction of sp³-hybridized carbons (Fsp3) is 0.562. The quantitative estimate of drug-likeness (QED) is 0.795. The molecule has 0 atom stereocenters. The van der Waals surface area contributed by atoms with Gasteiger partial charge in [0.2, 0.25) is 5.91 Å². The number of hydrogen-bond acceptors (Lipinski definition) is 4. The van der Waals surface area contributed by atoms with Crippen LogP contribution in [-0.4, -0.2) is 49.3 Å². The van der Waals surface area contributed by atoms with E-state index in [9.17, 15) is 4.79 Å². The van der Waals surface area contributed by atoms with Gasteiger partial charge in [-0.1, -0.05) is 6.07 Å². The standard InChI is InChI=1S/C16H25NO4/c1-12(2)17(8-5-9-18)16(19)11-13-6-7-14(20-3)15(10-13)21-4/h6-7,10,12,18H,5,8-9,11H2,1-4H3. The molecule has 5 heteroatoms. The zero-order valence-corrected chi connectivity index (χ0v) is 13.3. The summed E-state index contributed by atoms with van der Waals surface area (Å²) in [4.78, 5) is 14.2. The molecule has 0 radical (unpaired) electrons. The van der Waals surface area contributed by atoms with Crippen LogP contribution in [0.25, 0.3) is 0 Å². The van der Waals surface area contributed by atoms with Crippen LogP contribution in [0.1, 0.15) is 25.8 Å². The summed E-state index contributed by atoms with van der Waals surface area (Å²) in [5, 5.41) is 8.93. The first-order valence-electron chi connectivity index (χ1n) is 7.14. The molecule has 0 spiro atoms. The van der Waals surface area contributed by atoms with Crippen LogP contribution in [0.5, 0.6) is 11.5 Å². The minimum atomic E-state index is 0.0469. The Hall–Kier alpha value is -1.75. The molecular formula is C16H25NO4. The van der Waals surface area contributed by atoms with Gasteiger partial charge >= 0.3 is 0 Å². The largest absolute Gasteiger partial charge is 0.493 e. The van der Waals surface area contributed by atoms with Gasteiger partial charge in [0.05, 0.1) is 20.6 Å². The van der Waals surface area contributed by atoms with Crippen LogP contribution in [0.15, 0.2) is 18.2 Å². The van der Waals surface area contributed by atoms with Crippen molar-refractivity contribution in [3.8, 4) is 11.5 Å². The monoisotopic (exact) mass is 295 g/mol. The molecule has 0 saturated carbocycles. The van der Waals surface area contributed by atoms with Gasteiger partial charge in [0, 0.05) is 19.2 Å². The summed E-state index contributed by atoms with van der Waals surface area (Å²) >= 11 is 0. The lowest BCUT2D eigenvalue weighted by Gasteiger charge is -2.26. The van der Waals surface area contributed by atoms with Crippen LogP contribution in [0.4, 0.5) is 0 Å². The highest BCUT2D eigenvalue weighted by Crippen LogP contribution is 2.27. The van der Waals surface area contributed by atoms with Crippen LogP contribution >= 0.6 is 0 Å². The zero-order chi connectivity index (χ0) is 15.8. The third kappa shape index (κ3) is 4.93. The Bertz CT molecular complexity index is 460. The Morgan fingerprint density at radius 2 is 1.90 bits per heavy atom. The Labute approximate surface area is 126 Å². The summed E-state index contributed by atoms with van der Waals surface area (Å²) in [7, 11) is 3.16. The normalized spacial score (nSPS) is 10.6. The van der Waals surface area contributed by atoms with Crippen molar-refractivity contribution in [1.29, 1.82) is 0 Å². The van der Waals surface area contributed by atoms with Crippen LogP contribution in [0.3, 0.4) is 0 Å². The second-order valence-electron chi connectivity index (χ2n) is 5.12. The second kappa shape index (κ2) is 8.52. The summed E-state index contributed by atoms with van der Waals surface area (Å²) < 4.78 is 10.4. The van der Waals surface area contributed by atoms with E-state index in [-0.39, 0.29) is 18.6 Å². The predicted octanol–water partition coefficient (Wildman–Crippen LogP) is 1.87. The number of rotatable bonds is 8. The molecule has 0 aliphatic heterocycles. The van der Waals surface area contributed by atoms with E-state index >= 15 is 0 Å². The molecule has 0 aliphatic carbocycles. The lowest BCUT2D eigenvalue weighted by molar-refractivity contribution is -0.132. The number of ether oxygens (including phenoxy) is 2. The predicted molar refractivity (Wildman–Crippen MR) is 81.8 cm³/mol. The van der Waals surface area contributed by atoms with Crippen LogP contribution in [-0.2, 0) is 11.2 Å². The third-order valence-corrected chi connectivity index (χ3v) is 3.30. The summed E-state index contributed by atoms with van der Waals surface area (Å²) in [6.07, 6.45) is 0.903. The topological polar surface area (TPSA) is 59.0 Å². The number of hydrogen-bond donors (Lipinski definition) is 1. The van der Waals surface area contributed by atoms with Gasteiger partial charge in [-0.25, -0.2) is 0 Å². The van der Waals surface area contributed by atoms with Gasteiger partial charge in [-0.05, 0) is 38.0 Å². The number of benzene rings is 1. The van der Waals surface area contributed by atoms with E-state index in [4.69, 9.17) is 14.6 Å². The Balaban J connectivity index is 2.80. The van der Waals surface area contributed by atoms with E-state index < -0.39 is 0 Å². The molecule has 0 aliphatic rings. The molecule has 0 heterocycles. The molecule has 1 N–H and O–H groups in total. The van der Waals surface area contributed by atoms with Crippen molar-refractivity contribution < 1.29 is 19.4 Å². The molecule has 5 nitrogen and oxygen atoms in total. The molecule has 0 unspecified atom stereocenters. The smallest absolute Gasteiger partial charge is 0.227 e. The minimum absolute atomic E-state index is 0.0469. The van der Waals surface area contributed by atoms with Crippen molar-refractivity contribution in [1.82, 2.24) is 4.90 Å². The van der Waals surface area contributed by atoms with Crippen molar-refractivity contribution in [2.24, 2.45) is 0 Å². The van der Waals surface area contributed by atoms with Gasteiger partial charge in [0.1, 0.15) is 0 Å². The number of carbonyl (C=O) groups excluding carboxylic acids is 1. The Morgan fingerprint density at radius 1 is 1.24 bits per heavy atom. The van der Waals surface area contributed by atoms with E-state index in [0.29, 0.717) is 30.9 Å². The van der Waals surface area contributed by atoms with Gasteiger partial charge in [0.15, 0.2) is 11.5 Å². The third-order valence-electron chi connectivity index (χ3n) is 3.30. The Kier molecular flexibility index (Phi) is 7.02. The second-order valence-corrected chi connectivity index (χ2v) is 5.12. The maximum absolute atomic E-state index is 12.4. The van der Waals surface area contributed by atoms with Gasteiger partial charge in [-0.3, -0.25) is 4.79 Å². The van der Waals surface area contributed by atoms with Gasteiger partial charge in [-0.2, -0.15) is 0 Å². The lowest BCUT2D eigenvalue weighted by atomic mass is 10.1. The zero-order valence-electron chi connectivity index (χ0n) is 13.3. The van der Waals surface area contributed by atoms with Crippen molar-refractivity contribution >= 4 is 5.91 Å². The molecule has 1 rings (SSSR count). The molecule has 0 aromatic heterocycles. The summed E-state index contributed by atoms with van der Waals surface area (Å²) in [5.41, 5.74) is 0.882. The lowest BCUT2D eigenvalue weighted by Crippen LogP contribution is -2.39. The number of aliphatic hydroxyl groups is 1. The highest BCUT2D eigenvalue weighted by Gasteiger charge is 2.17. The van der Waals surface area contributed by atoms with Gasteiger partial charge in [0.25, 0.3) is 0 Å². The fourth-order valence-corrected chi connectivity index (χ4v) is 2.18. The molecule has 0 fully saturated rings. The fourth-order valence-electron chi connectivity index (χ4n) is 2.18. The average Bonchev–Trinajstić information content (AvgIpc) is 2.47. The number of aliphatic hydroxyl groups excluding tert-OH is 1. The highest BCUT2D eigenvalue weighted by molar-refractivity contribution is 5.79. The maximum Gasteiger partial charge on any atom is 0.227 e. The summed E-state index contributed by atoms with van der Waals surface area (Å²) in [6, 6.07) is 5.60. The summed E-state index contributed by atoms with van der Waals surface area (Å²) in [5.74, 6) is 1.31. The molecule has 1 aromatic carbocycles. The Morgan fingerprint density at radius 3 is 2.43 bits per heavy atom. The number of methoxy groups -OCH3 is 2. The van der Waals surface area contributed by atoms with Crippen molar-refractivity contribution in [3.63, 3.8) is 0 Å². The number of nitrogens with zero attached hydrogens (tertiary/aromatic N) is 1. The van der Waals surface area contributed by atoms with E-state index in [1.165, 1.54) is 0 Å². The average molecular weight is 295 g/mol. The van der Waals surface area contributed by atoms with Gasteiger partial charge < -0.3 is 19.5 Å². The number of carbonyl (C=O) groups is 1. The van der Waals surface area contributed by atoms with Crippen LogP contribution in [0.2, 0.25) is 0 Å². The molecule has 1 amide bonds. The van der Waals surface area contributed by atoms with E-state index in [0.717, 1.165) is 5.56 Å². The molecule has 21 heavy (non-hydrogen) atoms. The summed E-state index contributed by atoms with van der Waals surface area (Å²) in [6.45, 7) is 4.61. The van der Waals surface area contributed by atoms with E-state index in [2.05, 4.69) is 0 Å². The first kappa shape index (κ1) is 17.3. The maximum atomic E-state index is 12.4.